The molecule has 0 radical (unpaired) electrons. The maximum absolute atomic E-state index is 13.2. The molecule has 0 aromatic heterocycles. The summed E-state index contributed by atoms with van der Waals surface area (Å²) in [6, 6.07) is 11.2. The molecule has 2 aromatic rings. The Morgan fingerprint density at radius 2 is 2.07 bits per heavy atom. The van der Waals surface area contributed by atoms with E-state index < -0.39 is 5.82 Å². The molecule has 6 nitrogen and oxygen atoms in total. The highest BCUT2D eigenvalue weighted by molar-refractivity contribution is 8.26. The average Bonchev–Trinajstić information content (AvgIpc) is 3.27. The average molecular weight is 445 g/mol. The number of thioether (sulfide) groups is 1. The fourth-order valence-corrected chi connectivity index (χ4v) is 4.34. The molecular weight excluding hydrogens is 427 g/mol. The predicted molar refractivity (Wildman–Crippen MR) is 117 cm³/mol. The van der Waals surface area contributed by atoms with Gasteiger partial charge in [0, 0.05) is 18.7 Å². The maximum Gasteiger partial charge on any atom is 0.266 e. The van der Waals surface area contributed by atoms with Gasteiger partial charge in [0.2, 0.25) is 12.7 Å². The zero-order valence-electron chi connectivity index (χ0n) is 15.7. The van der Waals surface area contributed by atoms with Crippen molar-refractivity contribution in [1.29, 1.82) is 0 Å². The molecule has 154 valence electrons. The number of carbonyl (C=O) groups excluding carboxylic acids is 2. The number of thiocarbonyl (C=S) groups is 1. The van der Waals surface area contributed by atoms with Crippen molar-refractivity contribution in [2.24, 2.45) is 0 Å². The Morgan fingerprint density at radius 1 is 1.23 bits per heavy atom. The second-order valence-electron chi connectivity index (χ2n) is 6.61. The molecule has 2 amide bonds. The van der Waals surface area contributed by atoms with Gasteiger partial charge in [-0.05, 0) is 48.4 Å². The van der Waals surface area contributed by atoms with Crippen molar-refractivity contribution < 1.29 is 23.5 Å². The maximum atomic E-state index is 13.2. The van der Waals surface area contributed by atoms with Gasteiger partial charge in [0.15, 0.2) is 11.5 Å². The number of carbonyl (C=O) groups is 2. The van der Waals surface area contributed by atoms with Crippen molar-refractivity contribution >= 4 is 51.9 Å². The summed E-state index contributed by atoms with van der Waals surface area (Å²) in [5.74, 6) is 0.467. The minimum absolute atomic E-state index is 0.187. The van der Waals surface area contributed by atoms with Gasteiger partial charge in [-0.2, -0.15) is 0 Å². The third-order valence-corrected chi connectivity index (χ3v) is 5.84. The van der Waals surface area contributed by atoms with E-state index in [4.69, 9.17) is 21.7 Å². The number of nitrogens with zero attached hydrogens (tertiary/aromatic N) is 1. The molecule has 0 bridgehead atoms. The van der Waals surface area contributed by atoms with Gasteiger partial charge in [-0.25, -0.2) is 4.39 Å². The van der Waals surface area contributed by atoms with E-state index in [0.717, 1.165) is 5.56 Å². The van der Waals surface area contributed by atoms with Crippen molar-refractivity contribution in [3.05, 3.63) is 58.8 Å². The molecule has 2 aromatic carbocycles. The van der Waals surface area contributed by atoms with Crippen molar-refractivity contribution in [1.82, 2.24) is 4.90 Å². The number of hydrogen-bond acceptors (Lipinski definition) is 6. The van der Waals surface area contributed by atoms with Crippen molar-refractivity contribution in [3.63, 3.8) is 0 Å². The van der Waals surface area contributed by atoms with Gasteiger partial charge >= 0.3 is 0 Å². The van der Waals surface area contributed by atoms with E-state index in [2.05, 4.69) is 5.32 Å². The smallest absolute Gasteiger partial charge is 0.266 e. The Labute approximate surface area is 182 Å². The van der Waals surface area contributed by atoms with Crippen LogP contribution in [0, 0.1) is 5.82 Å². The van der Waals surface area contributed by atoms with Crippen LogP contribution in [0.25, 0.3) is 6.08 Å². The van der Waals surface area contributed by atoms with Crippen LogP contribution in [-0.4, -0.2) is 34.4 Å². The lowest BCUT2D eigenvalue weighted by Gasteiger charge is -2.14. The fourth-order valence-electron chi connectivity index (χ4n) is 3.03. The number of amides is 2. The summed E-state index contributed by atoms with van der Waals surface area (Å²) in [7, 11) is 0. The van der Waals surface area contributed by atoms with Crippen LogP contribution in [-0.2, 0) is 9.59 Å². The van der Waals surface area contributed by atoms with Gasteiger partial charge in [0.25, 0.3) is 5.91 Å². The third-order valence-electron chi connectivity index (χ3n) is 4.46. The number of benzene rings is 2. The predicted octanol–water partition coefficient (Wildman–Crippen LogP) is 4.17. The highest BCUT2D eigenvalue weighted by Crippen LogP contribution is 2.36. The first kappa shape index (κ1) is 20.4. The summed E-state index contributed by atoms with van der Waals surface area (Å²) in [5.41, 5.74) is 1.21. The number of rotatable bonds is 6. The molecule has 4 rings (SSSR count). The first-order valence-electron chi connectivity index (χ1n) is 9.20. The molecule has 1 N–H and O–H groups in total. The van der Waals surface area contributed by atoms with Gasteiger partial charge in [0.05, 0.1) is 4.91 Å². The number of nitrogens with one attached hydrogen (secondary N) is 1. The Hall–Kier alpha value is -2.91. The largest absolute Gasteiger partial charge is 0.454 e. The second kappa shape index (κ2) is 8.85. The Balaban J connectivity index is 1.32. The number of halogens is 1. The van der Waals surface area contributed by atoms with Crippen LogP contribution >= 0.6 is 24.0 Å². The molecule has 0 atom stereocenters. The van der Waals surface area contributed by atoms with E-state index in [-0.39, 0.29) is 25.0 Å². The van der Waals surface area contributed by atoms with Crippen LogP contribution in [0.3, 0.4) is 0 Å². The zero-order valence-corrected chi connectivity index (χ0v) is 17.4. The van der Waals surface area contributed by atoms with Crippen molar-refractivity contribution in [2.45, 2.75) is 12.8 Å². The van der Waals surface area contributed by atoms with Gasteiger partial charge in [-0.15, -0.1) is 0 Å². The lowest BCUT2D eigenvalue weighted by atomic mass is 10.2. The lowest BCUT2D eigenvalue weighted by Crippen LogP contribution is -2.29. The van der Waals surface area contributed by atoms with Crippen molar-refractivity contribution in [2.75, 3.05) is 18.7 Å². The van der Waals surface area contributed by atoms with E-state index in [1.807, 2.05) is 12.1 Å². The molecule has 0 aliphatic carbocycles. The monoisotopic (exact) mass is 444 g/mol. The quantitative estimate of drug-likeness (QED) is 0.533. The Kier molecular flexibility index (Phi) is 6.01. The molecule has 30 heavy (non-hydrogen) atoms. The number of ether oxygens (including phenoxy) is 2. The highest BCUT2D eigenvalue weighted by Gasteiger charge is 2.31. The van der Waals surface area contributed by atoms with Crippen LogP contribution in [0.5, 0.6) is 11.5 Å². The Morgan fingerprint density at radius 3 is 2.90 bits per heavy atom. The summed E-state index contributed by atoms with van der Waals surface area (Å²) in [6.07, 6.45) is 2.39. The summed E-state index contributed by atoms with van der Waals surface area (Å²) in [6.45, 7) is 0.521. The molecule has 9 heteroatoms. The second-order valence-corrected chi connectivity index (χ2v) is 8.28. The Bertz CT molecular complexity index is 1060. The van der Waals surface area contributed by atoms with Gasteiger partial charge in [0.1, 0.15) is 10.1 Å². The molecule has 2 aliphatic heterocycles. The van der Waals surface area contributed by atoms with Crippen LogP contribution in [0.15, 0.2) is 47.4 Å². The van der Waals surface area contributed by atoms with Crippen LogP contribution in [0.2, 0.25) is 0 Å². The summed E-state index contributed by atoms with van der Waals surface area (Å²) < 4.78 is 24.3. The molecule has 0 spiro atoms. The van der Waals surface area contributed by atoms with E-state index in [1.54, 1.807) is 18.2 Å². The molecule has 1 saturated heterocycles. The number of hydrogen-bond donors (Lipinski definition) is 1. The van der Waals surface area contributed by atoms with Crippen LogP contribution in [0.1, 0.15) is 18.4 Å². The minimum Gasteiger partial charge on any atom is -0.454 e. The van der Waals surface area contributed by atoms with E-state index in [0.29, 0.717) is 39.4 Å². The van der Waals surface area contributed by atoms with Crippen molar-refractivity contribution in [3.8, 4) is 11.5 Å². The van der Waals surface area contributed by atoms with Gasteiger partial charge in [-0.1, -0.05) is 36.1 Å². The molecule has 2 aliphatic rings. The summed E-state index contributed by atoms with van der Waals surface area (Å²) >= 11 is 6.56. The fraction of sp³-hybridized carbons (Fsp3) is 0.190. The molecule has 1 fully saturated rings. The first-order valence-corrected chi connectivity index (χ1v) is 10.4. The zero-order chi connectivity index (χ0) is 21.1. The molecule has 0 saturated carbocycles. The number of fused-ring (bicyclic) bond motifs is 1. The topological polar surface area (TPSA) is 67.9 Å². The van der Waals surface area contributed by atoms with E-state index >= 15 is 0 Å². The molecular formula is C21H17FN2O4S2. The van der Waals surface area contributed by atoms with E-state index in [1.165, 1.54) is 34.9 Å². The van der Waals surface area contributed by atoms with Gasteiger partial charge in [-0.3, -0.25) is 14.5 Å². The third kappa shape index (κ3) is 4.63. The van der Waals surface area contributed by atoms with Crippen LogP contribution < -0.4 is 14.8 Å². The van der Waals surface area contributed by atoms with E-state index in [9.17, 15) is 14.0 Å². The molecule has 0 unspecified atom stereocenters. The first-order chi connectivity index (χ1) is 14.5. The number of anilines is 1. The lowest BCUT2D eigenvalue weighted by molar-refractivity contribution is -0.122. The summed E-state index contributed by atoms with van der Waals surface area (Å²) in [4.78, 5) is 26.8. The summed E-state index contributed by atoms with van der Waals surface area (Å²) in [5, 5.41) is 2.64. The normalized spacial score (nSPS) is 16.4. The highest BCUT2D eigenvalue weighted by atomic mass is 32.2. The van der Waals surface area contributed by atoms with Gasteiger partial charge < -0.3 is 14.8 Å². The standard InChI is InChI=1S/C21H17FN2O4S2/c22-14-3-1-4-15(11-14)23-19(25)5-2-8-24-20(26)18(30-21(24)29)10-13-6-7-16-17(9-13)28-12-27-16/h1,3-4,6-7,9-11H,2,5,8,12H2,(H,23,25). The SMILES string of the molecule is O=C(CCCN1C(=O)C(=Cc2ccc3c(c2)OCO3)SC1=S)Nc1cccc(F)c1. The minimum atomic E-state index is -0.417. The van der Waals surface area contributed by atoms with Crippen LogP contribution in [0.4, 0.5) is 10.1 Å². The molecule has 2 heterocycles.